The van der Waals surface area contributed by atoms with Crippen LogP contribution in [0.15, 0.2) is 60.9 Å². The minimum atomic E-state index is -0.266. The summed E-state index contributed by atoms with van der Waals surface area (Å²) in [5.74, 6) is 0.670. The minimum Gasteiger partial charge on any atom is -0.354 e. The number of nitrogens with zero attached hydrogens (tertiary/aromatic N) is 6. The molecule has 1 atom stereocenters. The third-order valence-corrected chi connectivity index (χ3v) is 5.75. The minimum absolute atomic E-state index is 0.266. The molecule has 0 saturated carbocycles. The van der Waals surface area contributed by atoms with Crippen molar-refractivity contribution in [2.24, 2.45) is 0 Å². The van der Waals surface area contributed by atoms with Gasteiger partial charge in [0, 0.05) is 42.7 Å². The fourth-order valence-corrected chi connectivity index (χ4v) is 4.04. The maximum absolute atomic E-state index is 13.5. The van der Waals surface area contributed by atoms with Crippen molar-refractivity contribution in [3.63, 3.8) is 0 Å². The quantitative estimate of drug-likeness (QED) is 0.521. The van der Waals surface area contributed by atoms with Gasteiger partial charge in [-0.2, -0.15) is 0 Å². The van der Waals surface area contributed by atoms with E-state index in [0.717, 1.165) is 53.5 Å². The first kappa shape index (κ1) is 18.7. The zero-order chi connectivity index (χ0) is 20.7. The van der Waals surface area contributed by atoms with Crippen molar-refractivity contribution in [2.75, 3.05) is 32.1 Å². The Hall–Kier alpha value is -3.32. The van der Waals surface area contributed by atoms with Gasteiger partial charge in [-0.3, -0.25) is 4.98 Å². The van der Waals surface area contributed by atoms with Gasteiger partial charge in [0.2, 0.25) is 0 Å². The van der Waals surface area contributed by atoms with E-state index in [1.54, 1.807) is 24.5 Å². The van der Waals surface area contributed by atoms with Gasteiger partial charge >= 0.3 is 0 Å². The summed E-state index contributed by atoms with van der Waals surface area (Å²) in [7, 11) is 4.24. The molecule has 0 spiro atoms. The van der Waals surface area contributed by atoms with E-state index in [4.69, 9.17) is 10.1 Å². The number of halogens is 1. The summed E-state index contributed by atoms with van der Waals surface area (Å²) in [4.78, 5) is 13.6. The van der Waals surface area contributed by atoms with Crippen LogP contribution in [0.2, 0.25) is 0 Å². The maximum Gasteiger partial charge on any atom is 0.155 e. The molecule has 1 unspecified atom stereocenters. The van der Waals surface area contributed by atoms with Crippen molar-refractivity contribution in [1.29, 1.82) is 0 Å². The number of benzene rings is 1. The number of likely N-dealkylation sites (N-methyl/N-ethyl adjacent to an activating group) is 1. The monoisotopic (exact) mass is 402 g/mol. The molecular weight excluding hydrogens is 379 g/mol. The smallest absolute Gasteiger partial charge is 0.155 e. The molecule has 0 aliphatic carbocycles. The van der Waals surface area contributed by atoms with Gasteiger partial charge in [0.15, 0.2) is 5.65 Å². The van der Waals surface area contributed by atoms with Gasteiger partial charge in [0.25, 0.3) is 0 Å². The van der Waals surface area contributed by atoms with Crippen LogP contribution in [0.5, 0.6) is 0 Å². The van der Waals surface area contributed by atoms with Crippen LogP contribution in [0.1, 0.15) is 6.42 Å². The molecule has 4 heterocycles. The van der Waals surface area contributed by atoms with E-state index in [1.807, 2.05) is 28.8 Å². The van der Waals surface area contributed by atoms with Gasteiger partial charge in [0.05, 0.1) is 5.69 Å². The molecule has 5 rings (SSSR count). The molecule has 4 aromatic rings. The molecule has 0 amide bonds. The number of anilines is 1. The Morgan fingerprint density at radius 1 is 0.967 bits per heavy atom. The van der Waals surface area contributed by atoms with Crippen molar-refractivity contribution in [1.82, 2.24) is 24.5 Å². The Kier molecular flexibility index (Phi) is 4.67. The lowest BCUT2D eigenvalue weighted by Gasteiger charge is -2.21. The lowest BCUT2D eigenvalue weighted by molar-refractivity contribution is 0.315. The summed E-state index contributed by atoms with van der Waals surface area (Å²) in [6.07, 6.45) is 4.64. The Morgan fingerprint density at radius 2 is 1.73 bits per heavy atom. The molecule has 1 saturated heterocycles. The predicted octanol–water partition coefficient (Wildman–Crippen LogP) is 3.74. The van der Waals surface area contributed by atoms with E-state index in [2.05, 4.69) is 28.9 Å². The highest BCUT2D eigenvalue weighted by atomic mass is 19.1. The molecule has 1 aromatic carbocycles. The first-order valence-electron chi connectivity index (χ1n) is 10.1. The average Bonchev–Trinajstić information content (AvgIpc) is 3.40. The average molecular weight is 402 g/mol. The second-order valence-corrected chi connectivity index (χ2v) is 7.87. The van der Waals surface area contributed by atoms with Crippen molar-refractivity contribution in [3.8, 4) is 22.5 Å². The summed E-state index contributed by atoms with van der Waals surface area (Å²) in [5.41, 5.74) is 4.23. The lowest BCUT2D eigenvalue weighted by atomic mass is 10.1. The molecule has 7 heteroatoms. The van der Waals surface area contributed by atoms with Gasteiger partial charge in [0.1, 0.15) is 17.3 Å². The van der Waals surface area contributed by atoms with E-state index < -0.39 is 0 Å². The molecule has 152 valence electrons. The molecule has 1 fully saturated rings. The highest BCUT2D eigenvalue weighted by Gasteiger charge is 2.26. The van der Waals surface area contributed by atoms with Crippen molar-refractivity contribution < 1.29 is 4.39 Å². The largest absolute Gasteiger partial charge is 0.354 e. The third-order valence-electron chi connectivity index (χ3n) is 5.75. The number of pyridine rings is 1. The molecule has 0 N–H and O–H groups in total. The number of imidazole rings is 1. The van der Waals surface area contributed by atoms with Crippen molar-refractivity contribution in [2.45, 2.75) is 12.5 Å². The second-order valence-electron chi connectivity index (χ2n) is 7.87. The second kappa shape index (κ2) is 7.50. The maximum atomic E-state index is 13.5. The van der Waals surface area contributed by atoms with E-state index in [-0.39, 0.29) is 5.82 Å². The summed E-state index contributed by atoms with van der Waals surface area (Å²) < 4.78 is 15.4. The molecule has 30 heavy (non-hydrogen) atoms. The van der Waals surface area contributed by atoms with E-state index in [0.29, 0.717) is 6.04 Å². The SMILES string of the molecule is CN(C)C1CCN(c2ccc3nc(-c4ccc(F)cc4)c(-c4ccncc4)n3n2)C1. The molecule has 6 nitrogen and oxygen atoms in total. The third kappa shape index (κ3) is 3.31. The standard InChI is InChI=1S/C23H23FN6/c1-28(2)19-11-14-29(15-19)21-8-7-20-26-22(16-3-5-18(24)6-4-16)23(30(20)27-21)17-9-12-25-13-10-17/h3-10,12-13,19H,11,14-15H2,1-2H3. The van der Waals surface area contributed by atoms with Crippen LogP contribution >= 0.6 is 0 Å². The zero-order valence-corrected chi connectivity index (χ0v) is 17.0. The highest BCUT2D eigenvalue weighted by molar-refractivity contribution is 5.81. The van der Waals surface area contributed by atoms with E-state index >= 15 is 0 Å². The van der Waals surface area contributed by atoms with Gasteiger partial charge in [-0.1, -0.05) is 0 Å². The van der Waals surface area contributed by atoms with Crippen LogP contribution in [0.4, 0.5) is 10.2 Å². The van der Waals surface area contributed by atoms with E-state index in [1.165, 1.54) is 12.1 Å². The Bertz CT molecular complexity index is 1170. The zero-order valence-electron chi connectivity index (χ0n) is 17.0. The summed E-state index contributed by atoms with van der Waals surface area (Å²) >= 11 is 0. The van der Waals surface area contributed by atoms with Crippen molar-refractivity contribution >= 4 is 11.5 Å². The molecule has 3 aromatic heterocycles. The van der Waals surface area contributed by atoms with Crippen LogP contribution in [0, 0.1) is 5.82 Å². The van der Waals surface area contributed by atoms with Crippen LogP contribution in [0.3, 0.4) is 0 Å². The number of aromatic nitrogens is 4. The molecular formula is C23H23FN6. The molecule has 0 bridgehead atoms. The van der Waals surface area contributed by atoms with Crippen LogP contribution in [0.25, 0.3) is 28.2 Å². The van der Waals surface area contributed by atoms with Gasteiger partial charge < -0.3 is 9.80 Å². The summed E-state index contributed by atoms with van der Waals surface area (Å²) in [6, 6.07) is 14.9. The Labute approximate surface area is 174 Å². The van der Waals surface area contributed by atoms with E-state index in [9.17, 15) is 4.39 Å². The topological polar surface area (TPSA) is 49.6 Å². The number of fused-ring (bicyclic) bond motifs is 1. The Balaban J connectivity index is 1.65. The number of rotatable bonds is 4. The molecule has 1 aliphatic heterocycles. The van der Waals surface area contributed by atoms with Crippen molar-refractivity contribution in [3.05, 3.63) is 66.7 Å². The normalized spacial score (nSPS) is 16.7. The fraction of sp³-hybridized carbons (Fsp3) is 0.261. The number of hydrogen-bond acceptors (Lipinski definition) is 5. The summed E-state index contributed by atoms with van der Waals surface area (Å²) in [6.45, 7) is 1.93. The van der Waals surface area contributed by atoms with Crippen LogP contribution in [-0.2, 0) is 0 Å². The van der Waals surface area contributed by atoms with Gasteiger partial charge in [-0.05, 0) is 69.0 Å². The van der Waals surface area contributed by atoms with Crippen LogP contribution in [-0.4, -0.2) is 57.7 Å². The number of hydrogen-bond donors (Lipinski definition) is 0. The lowest BCUT2D eigenvalue weighted by Crippen LogP contribution is -2.31. The summed E-state index contributed by atoms with van der Waals surface area (Å²) in [5, 5.41) is 4.96. The molecule has 0 radical (unpaired) electrons. The van der Waals surface area contributed by atoms with Gasteiger partial charge in [-0.15, -0.1) is 5.10 Å². The predicted molar refractivity (Wildman–Crippen MR) is 116 cm³/mol. The first-order chi connectivity index (χ1) is 14.6. The molecule has 1 aliphatic rings. The Morgan fingerprint density at radius 3 is 2.43 bits per heavy atom. The van der Waals surface area contributed by atoms with Crippen LogP contribution < -0.4 is 4.90 Å². The van der Waals surface area contributed by atoms with Gasteiger partial charge in [-0.25, -0.2) is 13.9 Å². The fourth-order valence-electron chi connectivity index (χ4n) is 4.04. The highest BCUT2D eigenvalue weighted by Crippen LogP contribution is 2.33. The first-order valence-corrected chi connectivity index (χ1v) is 10.1.